The fourth-order valence-electron chi connectivity index (χ4n) is 2.94. The highest BCUT2D eigenvalue weighted by Crippen LogP contribution is 2.14. The van der Waals surface area contributed by atoms with Crippen molar-refractivity contribution < 1.29 is 22.2 Å². The molecule has 3 rings (SSSR count). The molecular formula is C17H25IN6O5S. The monoisotopic (exact) mass is 552 g/mol. The number of aliphatic imine (C=N–C) groups is 1. The number of nitrogens with two attached hydrogens (primary N) is 1. The molecule has 0 unspecified atom stereocenters. The highest BCUT2D eigenvalue weighted by molar-refractivity contribution is 14.0. The maximum absolute atomic E-state index is 12.6. The van der Waals surface area contributed by atoms with E-state index >= 15 is 0 Å². The Morgan fingerprint density at radius 1 is 1.27 bits per heavy atom. The van der Waals surface area contributed by atoms with Gasteiger partial charge in [-0.2, -0.15) is 4.31 Å². The van der Waals surface area contributed by atoms with E-state index in [1.54, 1.807) is 12.1 Å². The summed E-state index contributed by atoms with van der Waals surface area (Å²) in [7, 11) is -3.46. The zero-order chi connectivity index (χ0) is 20.9. The number of rotatable bonds is 7. The zero-order valence-electron chi connectivity index (χ0n) is 16.5. The van der Waals surface area contributed by atoms with E-state index in [-0.39, 0.29) is 42.0 Å². The second-order valence-electron chi connectivity index (χ2n) is 6.43. The maximum Gasteiger partial charge on any atom is 0.284 e. The lowest BCUT2D eigenvalue weighted by Crippen LogP contribution is -2.53. The third-order valence-corrected chi connectivity index (χ3v) is 6.19. The fraction of sp³-hybridized carbons (Fsp3) is 0.471. The van der Waals surface area contributed by atoms with Crippen molar-refractivity contribution in [2.45, 2.75) is 19.2 Å². The molecule has 3 heterocycles. The Morgan fingerprint density at radius 2 is 2.00 bits per heavy atom. The van der Waals surface area contributed by atoms with Crippen molar-refractivity contribution >= 4 is 45.9 Å². The van der Waals surface area contributed by atoms with E-state index in [0.717, 1.165) is 0 Å². The largest absolute Gasteiger partial charge is 0.454 e. The molecule has 11 nitrogen and oxygen atoms in total. The predicted octanol–water partition coefficient (Wildman–Crippen LogP) is 0.598. The van der Waals surface area contributed by atoms with Crippen LogP contribution in [0.5, 0.6) is 0 Å². The van der Waals surface area contributed by atoms with Crippen LogP contribution in [-0.2, 0) is 22.3 Å². The Morgan fingerprint density at radius 3 is 2.57 bits per heavy atom. The molecule has 1 aliphatic heterocycles. The molecular weight excluding hydrogens is 527 g/mol. The second-order valence-corrected chi connectivity index (χ2v) is 8.40. The third kappa shape index (κ3) is 6.18. The highest BCUT2D eigenvalue weighted by Gasteiger charge is 2.29. The quantitative estimate of drug-likeness (QED) is 0.288. The number of primary amides is 1. The standard InChI is InChI=1S/C17H24N6O5S.HI/c1-2-19-17(20-11-14-3-4-15(28-14)16(18)24)22-6-8-23(9-7-22)29(25,26)12-13-5-10-27-21-13;/h3-5,10H,2,6-9,11-12H2,1H3,(H2,18,24)(H,19,20);1H. The number of guanidine groups is 1. The summed E-state index contributed by atoms with van der Waals surface area (Å²) < 4.78 is 36.6. The maximum atomic E-state index is 12.6. The first-order chi connectivity index (χ1) is 13.9. The van der Waals surface area contributed by atoms with Crippen LogP contribution >= 0.6 is 24.0 Å². The van der Waals surface area contributed by atoms with Crippen molar-refractivity contribution in [2.75, 3.05) is 32.7 Å². The lowest BCUT2D eigenvalue weighted by atomic mass is 10.4. The van der Waals surface area contributed by atoms with Crippen LogP contribution in [0.3, 0.4) is 0 Å². The first kappa shape index (κ1) is 24.1. The molecule has 2 aromatic rings. The Balaban J connectivity index is 0.00000320. The number of carbonyl (C=O) groups is 1. The first-order valence-electron chi connectivity index (χ1n) is 9.18. The molecule has 0 saturated carbocycles. The van der Waals surface area contributed by atoms with Crippen molar-refractivity contribution in [3.63, 3.8) is 0 Å². The van der Waals surface area contributed by atoms with Crippen LogP contribution in [0.15, 0.2) is 38.4 Å². The fourth-order valence-corrected chi connectivity index (χ4v) is 4.37. The van der Waals surface area contributed by atoms with Gasteiger partial charge in [0.25, 0.3) is 5.91 Å². The van der Waals surface area contributed by atoms with Gasteiger partial charge in [-0.3, -0.25) is 4.79 Å². The molecule has 1 aliphatic rings. The van der Waals surface area contributed by atoms with Crippen molar-refractivity contribution in [1.29, 1.82) is 0 Å². The number of carbonyl (C=O) groups excluding carboxylic acids is 1. The average molecular weight is 552 g/mol. The van der Waals surface area contributed by atoms with E-state index in [9.17, 15) is 13.2 Å². The van der Waals surface area contributed by atoms with Gasteiger partial charge in [-0.1, -0.05) is 5.16 Å². The van der Waals surface area contributed by atoms with E-state index < -0.39 is 15.9 Å². The average Bonchev–Trinajstić information content (AvgIpc) is 3.37. The molecule has 3 N–H and O–H groups in total. The van der Waals surface area contributed by atoms with Gasteiger partial charge in [0.1, 0.15) is 24.3 Å². The summed E-state index contributed by atoms with van der Waals surface area (Å²) in [5.41, 5.74) is 5.57. The van der Waals surface area contributed by atoms with Gasteiger partial charge >= 0.3 is 0 Å². The van der Waals surface area contributed by atoms with Crippen LogP contribution in [0, 0.1) is 0 Å². The van der Waals surface area contributed by atoms with Crippen LogP contribution in [-0.4, -0.2) is 67.4 Å². The number of hydrogen-bond donors (Lipinski definition) is 2. The topological polar surface area (TPSA) is 147 Å². The Kier molecular flexibility index (Phi) is 8.66. The van der Waals surface area contributed by atoms with E-state index in [1.807, 2.05) is 11.8 Å². The molecule has 1 amide bonds. The van der Waals surface area contributed by atoms with Gasteiger partial charge in [-0.15, -0.1) is 24.0 Å². The summed E-state index contributed by atoms with van der Waals surface area (Å²) >= 11 is 0. The van der Waals surface area contributed by atoms with Crippen molar-refractivity contribution in [2.24, 2.45) is 10.7 Å². The number of sulfonamides is 1. The summed E-state index contributed by atoms with van der Waals surface area (Å²) in [6.45, 7) is 4.53. The smallest absolute Gasteiger partial charge is 0.284 e. The van der Waals surface area contributed by atoms with Crippen molar-refractivity contribution in [3.8, 4) is 0 Å². The van der Waals surface area contributed by atoms with E-state index in [0.29, 0.717) is 50.1 Å². The molecule has 166 valence electrons. The molecule has 0 atom stereocenters. The van der Waals surface area contributed by atoms with Gasteiger partial charge in [0.15, 0.2) is 11.7 Å². The van der Waals surface area contributed by atoms with E-state index in [2.05, 4.69) is 15.5 Å². The Hall–Kier alpha value is -2.13. The molecule has 1 fully saturated rings. The summed E-state index contributed by atoms with van der Waals surface area (Å²) in [5, 5.41) is 6.87. The molecule has 0 aliphatic carbocycles. The van der Waals surface area contributed by atoms with Crippen LogP contribution in [0.25, 0.3) is 0 Å². The summed E-state index contributed by atoms with van der Waals surface area (Å²) in [6, 6.07) is 4.71. The first-order valence-corrected chi connectivity index (χ1v) is 10.8. The molecule has 0 bridgehead atoms. The van der Waals surface area contributed by atoms with E-state index in [1.165, 1.54) is 16.6 Å². The number of amides is 1. The molecule has 1 saturated heterocycles. The predicted molar refractivity (Wildman–Crippen MR) is 120 cm³/mol. The lowest BCUT2D eigenvalue weighted by molar-refractivity contribution is 0.0972. The van der Waals surface area contributed by atoms with Gasteiger partial charge in [0.2, 0.25) is 10.0 Å². The third-order valence-electron chi connectivity index (χ3n) is 4.38. The van der Waals surface area contributed by atoms with Gasteiger partial charge < -0.3 is 24.9 Å². The molecule has 0 radical (unpaired) electrons. The summed E-state index contributed by atoms with van der Waals surface area (Å²) in [4.78, 5) is 17.6. The number of nitrogens with one attached hydrogen (secondary N) is 1. The lowest BCUT2D eigenvalue weighted by Gasteiger charge is -2.35. The minimum atomic E-state index is -3.46. The Labute approximate surface area is 191 Å². The number of nitrogens with zero attached hydrogens (tertiary/aromatic N) is 4. The minimum Gasteiger partial charge on any atom is -0.454 e. The number of aromatic nitrogens is 1. The van der Waals surface area contributed by atoms with Gasteiger partial charge in [-0.25, -0.2) is 13.4 Å². The van der Waals surface area contributed by atoms with Crippen LogP contribution in [0.1, 0.15) is 28.9 Å². The number of halogens is 1. The molecule has 13 heteroatoms. The SMILES string of the molecule is CCNC(=NCc1ccc(C(N)=O)o1)N1CCN(S(=O)(=O)Cc2ccon2)CC1.I. The highest BCUT2D eigenvalue weighted by atomic mass is 127. The molecule has 30 heavy (non-hydrogen) atoms. The second kappa shape index (κ2) is 10.8. The zero-order valence-corrected chi connectivity index (χ0v) is 19.6. The molecule has 0 spiro atoms. The van der Waals surface area contributed by atoms with Gasteiger partial charge in [0, 0.05) is 38.8 Å². The number of furan rings is 1. The van der Waals surface area contributed by atoms with Crippen LogP contribution < -0.4 is 11.1 Å². The molecule has 2 aromatic heterocycles. The summed E-state index contributed by atoms with van der Waals surface area (Å²) in [6.07, 6.45) is 1.35. The Bertz CT molecular complexity index is 951. The van der Waals surface area contributed by atoms with Crippen LogP contribution in [0.2, 0.25) is 0 Å². The minimum absolute atomic E-state index is 0. The van der Waals surface area contributed by atoms with Crippen molar-refractivity contribution in [1.82, 2.24) is 19.7 Å². The normalized spacial score (nSPS) is 15.6. The number of hydrogen-bond acceptors (Lipinski definition) is 7. The number of piperazine rings is 1. The van der Waals surface area contributed by atoms with E-state index in [4.69, 9.17) is 14.7 Å². The molecule has 0 aromatic carbocycles. The van der Waals surface area contributed by atoms with Crippen LogP contribution in [0.4, 0.5) is 0 Å². The van der Waals surface area contributed by atoms with Gasteiger partial charge in [0.05, 0.1) is 5.69 Å². The van der Waals surface area contributed by atoms with Gasteiger partial charge in [-0.05, 0) is 19.1 Å². The van der Waals surface area contributed by atoms with Crippen molar-refractivity contribution in [3.05, 3.63) is 41.7 Å². The summed E-state index contributed by atoms with van der Waals surface area (Å²) in [5.74, 6) is 0.445.